The fraction of sp³-hybridized carbons (Fsp3) is 1.00. The Labute approximate surface area is 116 Å². The van der Waals surface area contributed by atoms with Crippen molar-refractivity contribution in [1.82, 2.24) is 0 Å². The molecule has 5 atom stereocenters. The molecule has 106 valence electrons. The van der Waals surface area contributed by atoms with Gasteiger partial charge in [-0.15, -0.1) is 0 Å². The summed E-state index contributed by atoms with van der Waals surface area (Å²) < 4.78 is 2.17. The average molecular weight is 375 g/mol. The van der Waals surface area contributed by atoms with Gasteiger partial charge in [0.05, 0.1) is 0 Å². The van der Waals surface area contributed by atoms with Crippen LogP contribution in [0.1, 0.15) is 0 Å². The predicted molar refractivity (Wildman–Crippen MR) is 82.7 cm³/mol. The first-order valence-corrected chi connectivity index (χ1v) is 18.8. The van der Waals surface area contributed by atoms with Crippen molar-refractivity contribution in [3.05, 3.63) is 0 Å². The molecule has 10 saturated heterocycles. The molecular formula is C14H18Cl2FeP2. The van der Waals surface area contributed by atoms with Gasteiger partial charge in [0.1, 0.15) is 0 Å². The van der Waals surface area contributed by atoms with Crippen LogP contribution in [-0.4, -0.2) is 42.3 Å². The molecule has 0 aliphatic carbocycles. The fourth-order valence-electron chi connectivity index (χ4n) is 19.0. The first kappa shape index (κ1) is 9.30. The fourth-order valence-corrected chi connectivity index (χ4v) is 143. The first-order valence-electron chi connectivity index (χ1n) is 7.54. The maximum absolute atomic E-state index is 7.70. The molecule has 0 aromatic rings. The second-order valence-electron chi connectivity index (χ2n) is 11.4. The van der Waals surface area contributed by atoms with Crippen LogP contribution >= 0.6 is 39.0 Å². The molecule has 0 aromatic carbocycles. The van der Waals surface area contributed by atoms with E-state index in [1.165, 1.54) is 24.1 Å². The van der Waals surface area contributed by atoms with Crippen LogP contribution in [0.5, 0.6) is 0 Å². The normalized spacial score (nSPS) is 120. The number of alkyl halides is 2. The van der Waals surface area contributed by atoms with Crippen LogP contribution in [0.2, 0.25) is 28.9 Å². The molecule has 0 N–H and O–H groups in total. The van der Waals surface area contributed by atoms with Gasteiger partial charge in [-0.05, 0) is 0 Å². The molecule has 5 unspecified atom stereocenters. The summed E-state index contributed by atoms with van der Waals surface area (Å²) in [5, 5.41) is 0. The zero-order valence-corrected chi connectivity index (χ0v) is 15.9. The number of hydrogen-bond acceptors (Lipinski definition) is 0. The summed E-state index contributed by atoms with van der Waals surface area (Å²) in [6.45, 7) is 6.80. The Bertz CT molecular complexity index is 1100. The number of rotatable bonds is 2. The molecule has 0 amide bonds. The SMILES string of the molecule is CP(C)[C]12[CH]3[C]4(Cl)[C]5(Cl)[C]1(P(C)C)[Fe]34251678[CH]2[CH]1[CH]6[CH]7[CH]28. The molecule has 10 fully saturated rings. The molecule has 0 aromatic heterocycles. The molecule has 0 saturated carbocycles. The number of hydrogen-bond donors (Lipinski definition) is 0. The summed E-state index contributed by atoms with van der Waals surface area (Å²) in [7, 11) is 0.305. The third kappa shape index (κ3) is 0.0890. The van der Waals surface area contributed by atoms with Crippen LogP contribution in [0.4, 0.5) is 0 Å². The summed E-state index contributed by atoms with van der Waals surface area (Å²) >= 11 is 15.3. The molecule has 10 rings (SSSR count). The quantitative estimate of drug-likeness (QED) is 0.364. The van der Waals surface area contributed by atoms with Gasteiger partial charge < -0.3 is 0 Å². The van der Waals surface area contributed by atoms with Crippen LogP contribution < -0.4 is 0 Å². The van der Waals surface area contributed by atoms with Gasteiger partial charge in [0.15, 0.2) is 0 Å². The van der Waals surface area contributed by atoms with Gasteiger partial charge in [0.2, 0.25) is 0 Å². The first-order chi connectivity index (χ1) is 8.61. The van der Waals surface area contributed by atoms with Crippen LogP contribution in [0.15, 0.2) is 0 Å². The van der Waals surface area contributed by atoms with E-state index in [-0.39, 0.29) is 23.4 Å². The van der Waals surface area contributed by atoms with Crippen molar-refractivity contribution in [3.63, 3.8) is 0 Å². The van der Waals surface area contributed by atoms with Crippen molar-refractivity contribution in [2.24, 2.45) is 0 Å². The zero-order valence-electron chi connectivity index (χ0n) is 11.5. The van der Waals surface area contributed by atoms with Gasteiger partial charge in [-0.1, -0.05) is 0 Å². The molecule has 10 heterocycles. The topological polar surface area (TPSA) is 0 Å². The Hall–Kier alpha value is 1.96. The molecule has 1 spiro atoms. The van der Waals surface area contributed by atoms with Gasteiger partial charge in [-0.2, -0.15) is 0 Å². The van der Waals surface area contributed by atoms with E-state index in [2.05, 4.69) is 26.7 Å². The van der Waals surface area contributed by atoms with Crippen LogP contribution in [0.3, 0.4) is 0 Å². The maximum atomic E-state index is 7.70. The molecule has 0 bridgehead atoms. The standard InChI is InChI=1S/C9H13Cl2P2.C5H5.Fe/c1-12(2)7-5-6(10)8(11)9(7)13(3)4;1-2-4-5-3-1;/h5H,1-4H3;1-5H;. The minimum atomic E-state index is -3.64. The summed E-state index contributed by atoms with van der Waals surface area (Å²) in [5.74, 6) is 0. The second kappa shape index (κ2) is 0.796. The van der Waals surface area contributed by atoms with Crippen LogP contribution in [0.25, 0.3) is 0 Å². The van der Waals surface area contributed by atoms with Crippen molar-refractivity contribution in [2.45, 2.75) is 44.6 Å². The molecule has 19 heavy (non-hydrogen) atoms. The van der Waals surface area contributed by atoms with Crippen molar-refractivity contribution in [1.29, 1.82) is 0 Å². The monoisotopic (exact) mass is 374 g/mol. The Kier molecular flexibility index (Phi) is 0.390. The predicted octanol–water partition coefficient (Wildman–Crippen LogP) is 4.97. The van der Waals surface area contributed by atoms with E-state index >= 15 is 0 Å². The van der Waals surface area contributed by atoms with Gasteiger partial charge in [-0.3, -0.25) is 0 Å². The van der Waals surface area contributed by atoms with E-state index in [0.717, 1.165) is 12.9 Å². The van der Waals surface area contributed by atoms with Gasteiger partial charge in [0.25, 0.3) is 0 Å². The van der Waals surface area contributed by atoms with E-state index in [9.17, 15) is 0 Å². The molecule has 0 radical (unpaired) electrons. The van der Waals surface area contributed by atoms with E-state index in [4.69, 9.17) is 23.2 Å². The molecular weight excluding hydrogens is 357 g/mol. The van der Waals surface area contributed by atoms with Crippen molar-refractivity contribution in [2.75, 3.05) is 26.7 Å². The van der Waals surface area contributed by atoms with E-state index in [0.29, 0.717) is 0 Å². The van der Waals surface area contributed by atoms with Crippen LogP contribution in [0, 0.1) is 0 Å². The summed E-state index contributed by atoms with van der Waals surface area (Å²) in [4.78, 5) is 7.11. The molecule has 5 heteroatoms. The summed E-state index contributed by atoms with van der Waals surface area (Å²) in [6.07, 6.45) is 0. The van der Waals surface area contributed by atoms with Gasteiger partial charge >= 0.3 is 117 Å². The van der Waals surface area contributed by atoms with E-state index in [1.807, 2.05) is 0 Å². The third-order valence-electron chi connectivity index (χ3n) is 15.9. The Balaban J connectivity index is 1.74. The summed E-state index contributed by atoms with van der Waals surface area (Å²) in [5.41, 5.74) is 0. The third-order valence-corrected chi connectivity index (χ3v) is 79.0. The van der Waals surface area contributed by atoms with Gasteiger partial charge in [-0.25, -0.2) is 0 Å². The number of fused-ring (bicyclic) bond motifs is 10. The van der Waals surface area contributed by atoms with Crippen molar-refractivity contribution in [3.8, 4) is 0 Å². The Morgan fingerprint density at radius 2 is 1.32 bits per heavy atom. The molecule has 0 nitrogen and oxygen atoms in total. The number of halogens is 2. The average Bonchev–Trinajstić information content (AvgIpc) is 3.25. The van der Waals surface area contributed by atoms with Gasteiger partial charge in [0, 0.05) is 0 Å². The van der Waals surface area contributed by atoms with Crippen LogP contribution in [-0.2, 0) is 6.51 Å². The van der Waals surface area contributed by atoms with Crippen molar-refractivity contribution < 1.29 is 6.51 Å². The minimum absolute atomic E-state index is 0.120. The second-order valence-corrected chi connectivity index (χ2v) is 41.5. The van der Waals surface area contributed by atoms with E-state index in [1.54, 1.807) is 0 Å². The Morgan fingerprint density at radius 3 is 1.47 bits per heavy atom. The zero-order chi connectivity index (χ0) is 12.9. The molecule has 10 aliphatic heterocycles. The van der Waals surface area contributed by atoms with Crippen molar-refractivity contribution >= 4 is 39.0 Å². The molecule has 10 aliphatic rings. The van der Waals surface area contributed by atoms with E-state index < -0.39 is 6.51 Å². The Morgan fingerprint density at radius 1 is 0.842 bits per heavy atom. The summed E-state index contributed by atoms with van der Waals surface area (Å²) in [6, 6.07) is 0.